The van der Waals surface area contributed by atoms with E-state index in [1.165, 1.54) is 18.2 Å². The number of rotatable bonds is 4. The molecule has 0 heterocycles. The van der Waals surface area contributed by atoms with Crippen LogP contribution in [0, 0.1) is 0 Å². The molecule has 2 amide bonds. The molecule has 21 heavy (non-hydrogen) atoms. The number of aromatic hydroxyl groups is 2. The fraction of sp³-hybridized carbons (Fsp3) is 0.133. The maximum Gasteiger partial charge on any atom is 0.319 e. The molecule has 0 aliphatic rings. The number of phenols is 2. The Hall–Kier alpha value is -2.89. The molecule has 110 valence electrons. The molecule has 6 heteroatoms. The van der Waals surface area contributed by atoms with E-state index in [4.69, 9.17) is 4.74 Å². The lowest BCUT2D eigenvalue weighted by Gasteiger charge is -2.09. The first-order valence-electron chi connectivity index (χ1n) is 6.27. The zero-order valence-electron chi connectivity index (χ0n) is 11.5. The summed E-state index contributed by atoms with van der Waals surface area (Å²) in [6, 6.07) is 10.8. The molecule has 2 aromatic carbocycles. The number of hydrogen-bond donors (Lipinski definition) is 4. The summed E-state index contributed by atoms with van der Waals surface area (Å²) in [6.45, 7) is 0.327. The second-order valence-corrected chi connectivity index (χ2v) is 4.40. The van der Waals surface area contributed by atoms with Gasteiger partial charge in [-0.3, -0.25) is 0 Å². The maximum atomic E-state index is 11.7. The van der Waals surface area contributed by atoms with E-state index in [9.17, 15) is 15.0 Å². The fourth-order valence-corrected chi connectivity index (χ4v) is 1.81. The van der Waals surface area contributed by atoms with Crippen molar-refractivity contribution < 1.29 is 19.7 Å². The highest BCUT2D eigenvalue weighted by Crippen LogP contribution is 2.23. The summed E-state index contributed by atoms with van der Waals surface area (Å²) in [5.74, 6) is 0.462. The van der Waals surface area contributed by atoms with Crippen molar-refractivity contribution in [2.24, 2.45) is 0 Å². The molecule has 0 aliphatic heterocycles. The second kappa shape index (κ2) is 6.51. The minimum absolute atomic E-state index is 0.127. The molecule has 0 aromatic heterocycles. The van der Waals surface area contributed by atoms with Gasteiger partial charge in [0, 0.05) is 30.4 Å². The number of ether oxygens (including phenoxy) is 1. The van der Waals surface area contributed by atoms with Crippen molar-refractivity contribution in [3.05, 3.63) is 48.0 Å². The molecular weight excluding hydrogens is 272 g/mol. The molecule has 4 N–H and O–H groups in total. The highest BCUT2D eigenvalue weighted by Gasteiger charge is 2.05. The average Bonchev–Trinajstić information content (AvgIpc) is 2.44. The van der Waals surface area contributed by atoms with Gasteiger partial charge >= 0.3 is 6.03 Å². The predicted molar refractivity (Wildman–Crippen MR) is 78.6 cm³/mol. The number of carbonyl (C=O) groups excluding carboxylic acids is 1. The third-order valence-electron chi connectivity index (χ3n) is 2.75. The molecule has 0 unspecified atom stereocenters. The van der Waals surface area contributed by atoms with Crippen LogP contribution in [0.2, 0.25) is 0 Å². The Bertz CT molecular complexity index is 623. The summed E-state index contributed by atoms with van der Waals surface area (Å²) in [6.07, 6.45) is 0. The quantitative estimate of drug-likeness (QED) is 0.695. The molecule has 0 saturated heterocycles. The van der Waals surface area contributed by atoms with Crippen LogP contribution in [0.4, 0.5) is 10.5 Å². The van der Waals surface area contributed by atoms with Crippen LogP contribution in [-0.4, -0.2) is 23.4 Å². The van der Waals surface area contributed by atoms with E-state index in [0.717, 1.165) is 5.56 Å². The maximum absolute atomic E-state index is 11.7. The zero-order chi connectivity index (χ0) is 15.2. The van der Waals surface area contributed by atoms with Crippen LogP contribution in [0.1, 0.15) is 5.56 Å². The summed E-state index contributed by atoms with van der Waals surface area (Å²) in [5.41, 5.74) is 1.19. The third kappa shape index (κ3) is 4.31. The third-order valence-corrected chi connectivity index (χ3v) is 2.75. The Morgan fingerprint density at radius 3 is 2.52 bits per heavy atom. The van der Waals surface area contributed by atoms with Crippen molar-refractivity contribution in [3.8, 4) is 17.2 Å². The largest absolute Gasteiger partial charge is 0.508 e. The van der Waals surface area contributed by atoms with Crippen LogP contribution in [-0.2, 0) is 6.54 Å². The van der Waals surface area contributed by atoms with Gasteiger partial charge in [0.05, 0.1) is 7.11 Å². The Labute approximate surface area is 122 Å². The van der Waals surface area contributed by atoms with Gasteiger partial charge in [0.2, 0.25) is 0 Å². The Morgan fingerprint density at radius 1 is 1.14 bits per heavy atom. The molecule has 2 rings (SSSR count). The van der Waals surface area contributed by atoms with Gasteiger partial charge in [-0.2, -0.15) is 0 Å². The smallest absolute Gasteiger partial charge is 0.319 e. The van der Waals surface area contributed by atoms with E-state index in [0.29, 0.717) is 18.0 Å². The summed E-state index contributed by atoms with van der Waals surface area (Å²) >= 11 is 0. The number of carbonyl (C=O) groups is 1. The fourth-order valence-electron chi connectivity index (χ4n) is 1.81. The van der Waals surface area contributed by atoms with Crippen LogP contribution >= 0.6 is 0 Å². The van der Waals surface area contributed by atoms with Gasteiger partial charge in [0.15, 0.2) is 0 Å². The molecule has 0 radical (unpaired) electrons. The zero-order valence-corrected chi connectivity index (χ0v) is 11.5. The van der Waals surface area contributed by atoms with Crippen LogP contribution in [0.25, 0.3) is 0 Å². The SMILES string of the molecule is COc1cccc(CNC(=O)Nc2cc(O)cc(O)c2)c1. The monoisotopic (exact) mass is 288 g/mol. The minimum Gasteiger partial charge on any atom is -0.508 e. The molecule has 0 saturated carbocycles. The number of phenolic OH excluding ortho intramolecular Hbond substituents is 2. The number of amides is 2. The molecule has 0 aliphatic carbocycles. The van der Waals surface area contributed by atoms with E-state index in [1.54, 1.807) is 7.11 Å². The van der Waals surface area contributed by atoms with E-state index in [-0.39, 0.29) is 11.5 Å². The summed E-state index contributed by atoms with van der Waals surface area (Å²) in [7, 11) is 1.58. The predicted octanol–water partition coefficient (Wildman–Crippen LogP) is 2.43. The lowest BCUT2D eigenvalue weighted by Crippen LogP contribution is -2.28. The van der Waals surface area contributed by atoms with Gasteiger partial charge in [-0.25, -0.2) is 4.79 Å². The van der Waals surface area contributed by atoms with Crippen molar-refractivity contribution in [1.82, 2.24) is 5.32 Å². The van der Waals surface area contributed by atoms with E-state index in [1.807, 2.05) is 24.3 Å². The number of benzene rings is 2. The van der Waals surface area contributed by atoms with Gasteiger partial charge in [-0.15, -0.1) is 0 Å². The minimum atomic E-state index is -0.442. The highest BCUT2D eigenvalue weighted by molar-refractivity contribution is 5.89. The van der Waals surface area contributed by atoms with Crippen LogP contribution < -0.4 is 15.4 Å². The van der Waals surface area contributed by atoms with E-state index < -0.39 is 6.03 Å². The van der Waals surface area contributed by atoms with Gasteiger partial charge < -0.3 is 25.6 Å². The Kier molecular flexibility index (Phi) is 4.50. The Balaban J connectivity index is 1.92. The van der Waals surface area contributed by atoms with Gasteiger partial charge in [-0.05, 0) is 17.7 Å². The van der Waals surface area contributed by atoms with Crippen molar-refractivity contribution in [2.45, 2.75) is 6.54 Å². The van der Waals surface area contributed by atoms with E-state index in [2.05, 4.69) is 10.6 Å². The number of nitrogens with one attached hydrogen (secondary N) is 2. The van der Waals surface area contributed by atoms with Crippen molar-refractivity contribution in [1.29, 1.82) is 0 Å². The number of methoxy groups -OCH3 is 1. The average molecular weight is 288 g/mol. The topological polar surface area (TPSA) is 90.8 Å². The normalized spacial score (nSPS) is 9.95. The molecule has 0 atom stereocenters. The van der Waals surface area contributed by atoms with Crippen molar-refractivity contribution in [2.75, 3.05) is 12.4 Å². The standard InChI is InChI=1S/C15H16N2O4/c1-21-14-4-2-3-10(5-14)9-16-15(20)17-11-6-12(18)8-13(19)7-11/h2-8,18-19H,9H2,1H3,(H2,16,17,20). The molecule has 0 fully saturated rings. The number of anilines is 1. The molecular formula is C15H16N2O4. The molecule has 0 bridgehead atoms. The first-order chi connectivity index (χ1) is 10.1. The van der Waals surface area contributed by atoms with Crippen LogP contribution in [0.5, 0.6) is 17.2 Å². The Morgan fingerprint density at radius 2 is 1.86 bits per heavy atom. The summed E-state index contributed by atoms with van der Waals surface area (Å²) in [4.78, 5) is 11.7. The lowest BCUT2D eigenvalue weighted by atomic mass is 10.2. The number of urea groups is 1. The summed E-state index contributed by atoms with van der Waals surface area (Å²) < 4.78 is 5.10. The van der Waals surface area contributed by atoms with Gasteiger partial charge in [0.25, 0.3) is 0 Å². The second-order valence-electron chi connectivity index (χ2n) is 4.40. The van der Waals surface area contributed by atoms with Gasteiger partial charge in [-0.1, -0.05) is 12.1 Å². The van der Waals surface area contributed by atoms with Crippen LogP contribution in [0.15, 0.2) is 42.5 Å². The van der Waals surface area contributed by atoms with E-state index >= 15 is 0 Å². The van der Waals surface area contributed by atoms with Crippen LogP contribution in [0.3, 0.4) is 0 Å². The van der Waals surface area contributed by atoms with Gasteiger partial charge in [0.1, 0.15) is 17.2 Å². The molecule has 2 aromatic rings. The lowest BCUT2D eigenvalue weighted by molar-refractivity contribution is 0.251. The molecule has 6 nitrogen and oxygen atoms in total. The van der Waals surface area contributed by atoms with Crippen molar-refractivity contribution >= 4 is 11.7 Å². The molecule has 0 spiro atoms. The first-order valence-corrected chi connectivity index (χ1v) is 6.27. The highest BCUT2D eigenvalue weighted by atomic mass is 16.5. The number of hydrogen-bond acceptors (Lipinski definition) is 4. The summed E-state index contributed by atoms with van der Waals surface area (Å²) in [5, 5.41) is 23.8. The van der Waals surface area contributed by atoms with Crippen molar-refractivity contribution in [3.63, 3.8) is 0 Å². The first kappa shape index (κ1) is 14.5.